The van der Waals surface area contributed by atoms with E-state index in [9.17, 15) is 9.50 Å². The van der Waals surface area contributed by atoms with Crippen LogP contribution in [-0.2, 0) is 4.74 Å². The summed E-state index contributed by atoms with van der Waals surface area (Å²) in [6, 6.07) is 6.65. The molecule has 1 aliphatic heterocycles. The Morgan fingerprint density at radius 3 is 2.70 bits per heavy atom. The van der Waals surface area contributed by atoms with Crippen molar-refractivity contribution in [3.05, 3.63) is 35.6 Å². The van der Waals surface area contributed by atoms with Crippen LogP contribution in [0, 0.1) is 11.2 Å². The molecule has 1 unspecified atom stereocenters. The Kier molecular flexibility index (Phi) is 4.06. The van der Waals surface area contributed by atoms with Gasteiger partial charge in [0.1, 0.15) is 5.82 Å². The second-order valence-corrected chi connectivity index (χ2v) is 6.25. The van der Waals surface area contributed by atoms with Crippen molar-refractivity contribution in [2.24, 2.45) is 5.41 Å². The van der Waals surface area contributed by atoms with E-state index in [4.69, 9.17) is 4.74 Å². The summed E-state index contributed by atoms with van der Waals surface area (Å²) < 4.78 is 18.4. The normalized spacial score (nSPS) is 23.5. The van der Waals surface area contributed by atoms with Gasteiger partial charge in [0.05, 0.1) is 19.3 Å². The number of aliphatic hydroxyl groups is 1. The van der Waals surface area contributed by atoms with Crippen molar-refractivity contribution >= 4 is 0 Å². The number of nitrogens with one attached hydrogen (secondary N) is 1. The number of halogens is 1. The van der Waals surface area contributed by atoms with Crippen LogP contribution in [0.5, 0.6) is 0 Å². The summed E-state index contributed by atoms with van der Waals surface area (Å²) >= 11 is 0. The van der Waals surface area contributed by atoms with E-state index in [2.05, 4.69) is 5.32 Å². The third kappa shape index (κ3) is 3.03. The zero-order valence-electron chi connectivity index (χ0n) is 11.6. The molecule has 2 fully saturated rings. The summed E-state index contributed by atoms with van der Waals surface area (Å²) in [4.78, 5) is 0. The molecule has 4 heteroatoms. The number of ether oxygens (including phenoxy) is 1. The largest absolute Gasteiger partial charge is 0.387 e. The molecule has 0 amide bonds. The molecule has 3 rings (SSSR count). The van der Waals surface area contributed by atoms with Gasteiger partial charge < -0.3 is 15.2 Å². The lowest BCUT2D eigenvalue weighted by Crippen LogP contribution is -2.48. The van der Waals surface area contributed by atoms with E-state index in [1.54, 1.807) is 12.1 Å². The average molecular weight is 279 g/mol. The standard InChI is InChI=1S/C16H22FNO2/c17-13-3-1-2-12(8-13)15(19)9-18-14-4-6-16(7-5-14)10-20-11-16/h1-3,8,14-15,18-19H,4-7,9-11H2. The Morgan fingerprint density at radius 1 is 1.35 bits per heavy atom. The summed E-state index contributed by atoms with van der Waals surface area (Å²) in [6.07, 6.45) is 4.05. The summed E-state index contributed by atoms with van der Waals surface area (Å²) in [5, 5.41) is 13.5. The first-order chi connectivity index (χ1) is 9.67. The Bertz CT molecular complexity index is 452. The van der Waals surface area contributed by atoms with Crippen LogP contribution in [0.25, 0.3) is 0 Å². The van der Waals surface area contributed by atoms with Crippen LogP contribution in [0.4, 0.5) is 4.39 Å². The molecule has 1 aliphatic carbocycles. The second kappa shape index (κ2) is 5.80. The minimum Gasteiger partial charge on any atom is -0.387 e. The van der Waals surface area contributed by atoms with Gasteiger partial charge in [-0.3, -0.25) is 0 Å². The highest BCUT2D eigenvalue weighted by atomic mass is 19.1. The van der Waals surface area contributed by atoms with Crippen LogP contribution in [0.15, 0.2) is 24.3 Å². The monoisotopic (exact) mass is 279 g/mol. The van der Waals surface area contributed by atoms with Crippen molar-refractivity contribution in [2.45, 2.75) is 37.8 Å². The Balaban J connectivity index is 1.45. The number of hydrogen-bond donors (Lipinski definition) is 2. The maximum Gasteiger partial charge on any atom is 0.123 e. The van der Waals surface area contributed by atoms with E-state index in [0.29, 0.717) is 23.6 Å². The van der Waals surface area contributed by atoms with E-state index in [0.717, 1.165) is 26.1 Å². The maximum atomic E-state index is 13.1. The summed E-state index contributed by atoms with van der Waals surface area (Å²) in [5.74, 6) is -0.300. The fourth-order valence-corrected chi connectivity index (χ4v) is 3.22. The van der Waals surface area contributed by atoms with Gasteiger partial charge in [-0.2, -0.15) is 0 Å². The van der Waals surface area contributed by atoms with Crippen molar-refractivity contribution in [1.29, 1.82) is 0 Å². The van der Waals surface area contributed by atoms with Crippen LogP contribution in [0.2, 0.25) is 0 Å². The smallest absolute Gasteiger partial charge is 0.123 e. The van der Waals surface area contributed by atoms with Gasteiger partial charge in [0.2, 0.25) is 0 Å². The van der Waals surface area contributed by atoms with Gasteiger partial charge in [-0.05, 0) is 43.4 Å². The molecule has 3 nitrogen and oxygen atoms in total. The van der Waals surface area contributed by atoms with Crippen LogP contribution in [-0.4, -0.2) is 30.9 Å². The fraction of sp³-hybridized carbons (Fsp3) is 0.625. The number of aliphatic hydroxyl groups excluding tert-OH is 1. The maximum absolute atomic E-state index is 13.1. The molecule has 0 bridgehead atoms. The van der Waals surface area contributed by atoms with Crippen LogP contribution in [0.3, 0.4) is 0 Å². The molecule has 2 N–H and O–H groups in total. The number of hydrogen-bond acceptors (Lipinski definition) is 3. The first-order valence-corrected chi connectivity index (χ1v) is 7.42. The molecule has 2 aliphatic rings. The number of benzene rings is 1. The molecule has 1 saturated carbocycles. The van der Waals surface area contributed by atoms with Crippen molar-refractivity contribution in [1.82, 2.24) is 5.32 Å². The van der Waals surface area contributed by atoms with Gasteiger partial charge in [-0.15, -0.1) is 0 Å². The van der Waals surface area contributed by atoms with Gasteiger partial charge in [0.25, 0.3) is 0 Å². The molecule has 1 atom stereocenters. The van der Waals surface area contributed by atoms with Crippen molar-refractivity contribution in [2.75, 3.05) is 19.8 Å². The lowest BCUT2D eigenvalue weighted by Gasteiger charge is -2.46. The third-order valence-electron chi connectivity index (χ3n) is 4.70. The predicted octanol–water partition coefficient (Wildman–Crippen LogP) is 2.41. The Hall–Kier alpha value is -0.970. The van der Waals surface area contributed by atoms with Gasteiger partial charge in [-0.1, -0.05) is 12.1 Å². The quantitative estimate of drug-likeness (QED) is 0.889. The molecule has 1 heterocycles. The van der Waals surface area contributed by atoms with Gasteiger partial charge >= 0.3 is 0 Å². The molecular formula is C16H22FNO2. The summed E-state index contributed by atoms with van der Waals surface area (Å²) in [7, 11) is 0. The van der Waals surface area contributed by atoms with Gasteiger partial charge in [0.15, 0.2) is 0 Å². The van der Waals surface area contributed by atoms with Crippen molar-refractivity contribution in [3.63, 3.8) is 0 Å². The lowest BCUT2D eigenvalue weighted by molar-refractivity contribution is -0.133. The third-order valence-corrected chi connectivity index (χ3v) is 4.70. The first kappa shape index (κ1) is 14.0. The van der Waals surface area contributed by atoms with E-state index in [-0.39, 0.29) is 5.82 Å². The van der Waals surface area contributed by atoms with Crippen LogP contribution in [0.1, 0.15) is 37.4 Å². The highest BCUT2D eigenvalue weighted by molar-refractivity contribution is 5.19. The SMILES string of the molecule is OC(CNC1CCC2(CC1)COC2)c1cccc(F)c1. The average Bonchev–Trinajstić information content (AvgIpc) is 2.43. The summed E-state index contributed by atoms with van der Waals surface area (Å²) in [6.45, 7) is 2.33. The molecule has 0 aromatic heterocycles. The zero-order chi connectivity index (χ0) is 14.0. The fourth-order valence-electron chi connectivity index (χ4n) is 3.22. The highest BCUT2D eigenvalue weighted by Crippen LogP contribution is 2.42. The minimum atomic E-state index is -0.645. The topological polar surface area (TPSA) is 41.5 Å². The molecule has 1 aromatic carbocycles. The minimum absolute atomic E-state index is 0.300. The Morgan fingerprint density at radius 2 is 2.10 bits per heavy atom. The zero-order valence-corrected chi connectivity index (χ0v) is 11.6. The van der Waals surface area contributed by atoms with Crippen molar-refractivity contribution < 1.29 is 14.2 Å². The molecule has 20 heavy (non-hydrogen) atoms. The van der Waals surface area contributed by atoms with E-state index >= 15 is 0 Å². The lowest BCUT2D eigenvalue weighted by atomic mass is 9.71. The van der Waals surface area contributed by atoms with E-state index < -0.39 is 6.10 Å². The molecular weight excluding hydrogens is 257 g/mol. The Labute approximate surface area is 119 Å². The molecule has 1 spiro atoms. The molecule has 110 valence electrons. The van der Waals surface area contributed by atoms with E-state index in [1.165, 1.54) is 25.0 Å². The van der Waals surface area contributed by atoms with Crippen LogP contribution < -0.4 is 5.32 Å². The predicted molar refractivity (Wildman–Crippen MR) is 74.9 cm³/mol. The molecule has 1 aromatic rings. The van der Waals surface area contributed by atoms with E-state index in [1.807, 2.05) is 0 Å². The highest BCUT2D eigenvalue weighted by Gasteiger charge is 2.41. The molecule has 0 radical (unpaired) electrons. The molecule has 1 saturated heterocycles. The summed E-state index contributed by atoms with van der Waals surface area (Å²) in [5.41, 5.74) is 1.09. The number of rotatable bonds is 4. The van der Waals surface area contributed by atoms with Gasteiger partial charge in [-0.25, -0.2) is 4.39 Å². The van der Waals surface area contributed by atoms with Gasteiger partial charge in [0, 0.05) is 18.0 Å². The van der Waals surface area contributed by atoms with Crippen LogP contribution >= 0.6 is 0 Å². The van der Waals surface area contributed by atoms with Crippen molar-refractivity contribution in [3.8, 4) is 0 Å². The second-order valence-electron chi connectivity index (χ2n) is 6.25. The first-order valence-electron chi connectivity index (χ1n) is 7.42.